The number of benzene rings is 2. The minimum absolute atomic E-state index is 0.145. The third kappa shape index (κ3) is 4.93. The van der Waals surface area contributed by atoms with Crippen LogP contribution in [-0.4, -0.2) is 23.2 Å². The fourth-order valence-electron chi connectivity index (χ4n) is 2.68. The number of hydrogen-bond donors (Lipinski definition) is 1. The maximum Gasteiger partial charge on any atom is 0.211 e. The minimum atomic E-state index is -0.440. The number of halogens is 2. The molecule has 0 aliphatic carbocycles. The van der Waals surface area contributed by atoms with Gasteiger partial charge < -0.3 is 5.11 Å². The molecule has 0 amide bonds. The second-order valence-electron chi connectivity index (χ2n) is 5.43. The highest BCUT2D eigenvalue weighted by Gasteiger charge is 2.28. The normalized spacial score (nSPS) is 13.5. The van der Waals surface area contributed by atoms with Crippen molar-refractivity contribution in [1.29, 1.82) is 0 Å². The monoisotopic (exact) mass is 353 g/mol. The molecule has 122 valence electrons. The molecule has 0 spiro atoms. The highest BCUT2D eigenvalue weighted by atomic mass is 35.5. The molecule has 0 saturated heterocycles. The van der Waals surface area contributed by atoms with Crippen LogP contribution in [0.1, 0.15) is 17.0 Å². The van der Waals surface area contributed by atoms with Gasteiger partial charge in [0.2, 0.25) is 6.54 Å². The van der Waals surface area contributed by atoms with E-state index in [2.05, 4.69) is 0 Å². The first-order valence-corrected chi connectivity index (χ1v) is 7.98. The molecular formula is C17H17Cl2NO3. The van der Waals surface area contributed by atoms with E-state index in [0.29, 0.717) is 22.0 Å². The standard InChI is InChI=1S/C17H17Cl2NO3/c18-16-7-6-13(9-17(16)19)15(10-20(22)23)14(11-21)8-12-4-2-1-3-5-12/h1-7,9,14-15,21H,8,10-11H2/t14-,15+/m0/s1. The van der Waals surface area contributed by atoms with Crippen LogP contribution in [0.25, 0.3) is 0 Å². The molecule has 2 rings (SSSR count). The highest BCUT2D eigenvalue weighted by Crippen LogP contribution is 2.32. The second-order valence-corrected chi connectivity index (χ2v) is 6.24. The maximum absolute atomic E-state index is 11.1. The average molecular weight is 354 g/mol. The summed E-state index contributed by atoms with van der Waals surface area (Å²) in [6.07, 6.45) is 0.552. The third-order valence-electron chi connectivity index (χ3n) is 3.86. The summed E-state index contributed by atoms with van der Waals surface area (Å²) in [6, 6.07) is 14.6. The molecule has 4 nitrogen and oxygen atoms in total. The van der Waals surface area contributed by atoms with E-state index in [4.69, 9.17) is 23.2 Å². The van der Waals surface area contributed by atoms with Crippen molar-refractivity contribution in [2.45, 2.75) is 12.3 Å². The first kappa shape index (κ1) is 17.7. The lowest BCUT2D eigenvalue weighted by atomic mass is 9.82. The van der Waals surface area contributed by atoms with E-state index in [1.807, 2.05) is 30.3 Å². The summed E-state index contributed by atoms with van der Waals surface area (Å²) >= 11 is 12.0. The van der Waals surface area contributed by atoms with E-state index in [-0.39, 0.29) is 24.0 Å². The number of nitro groups is 1. The van der Waals surface area contributed by atoms with Crippen LogP contribution in [0.4, 0.5) is 0 Å². The first-order chi connectivity index (χ1) is 11.0. The summed E-state index contributed by atoms with van der Waals surface area (Å²) < 4.78 is 0. The molecule has 0 unspecified atom stereocenters. The lowest BCUT2D eigenvalue weighted by molar-refractivity contribution is -0.485. The molecular weight excluding hydrogens is 337 g/mol. The van der Waals surface area contributed by atoms with E-state index < -0.39 is 5.92 Å². The Kier molecular flexibility index (Phi) is 6.39. The highest BCUT2D eigenvalue weighted by molar-refractivity contribution is 6.42. The number of aliphatic hydroxyl groups is 1. The number of nitrogens with zero attached hydrogens (tertiary/aromatic N) is 1. The average Bonchev–Trinajstić information content (AvgIpc) is 2.54. The van der Waals surface area contributed by atoms with Gasteiger partial charge in [0.1, 0.15) is 0 Å². The van der Waals surface area contributed by atoms with Gasteiger partial charge in [-0.3, -0.25) is 10.1 Å². The Labute approximate surface area is 144 Å². The Morgan fingerprint density at radius 3 is 2.35 bits per heavy atom. The van der Waals surface area contributed by atoms with E-state index in [9.17, 15) is 15.2 Å². The van der Waals surface area contributed by atoms with Crippen molar-refractivity contribution in [2.24, 2.45) is 5.92 Å². The van der Waals surface area contributed by atoms with E-state index in [0.717, 1.165) is 5.56 Å². The Hall–Kier alpha value is -1.62. The third-order valence-corrected chi connectivity index (χ3v) is 4.60. The van der Waals surface area contributed by atoms with Crippen molar-refractivity contribution in [1.82, 2.24) is 0 Å². The quantitative estimate of drug-likeness (QED) is 0.599. The van der Waals surface area contributed by atoms with Crippen molar-refractivity contribution in [3.8, 4) is 0 Å². The van der Waals surface area contributed by atoms with E-state index in [1.165, 1.54) is 0 Å². The van der Waals surface area contributed by atoms with Crippen LogP contribution >= 0.6 is 23.2 Å². The predicted molar refractivity (Wildman–Crippen MR) is 91.8 cm³/mol. The molecule has 2 aromatic rings. The van der Waals surface area contributed by atoms with E-state index >= 15 is 0 Å². The number of rotatable bonds is 7. The molecule has 6 heteroatoms. The SMILES string of the molecule is O=[N+]([O-])C[C@H](c1ccc(Cl)c(Cl)c1)[C@H](CO)Cc1ccccc1. The first-order valence-electron chi connectivity index (χ1n) is 7.22. The van der Waals surface area contributed by atoms with Gasteiger partial charge in [0.05, 0.1) is 16.0 Å². The topological polar surface area (TPSA) is 63.4 Å². The summed E-state index contributed by atoms with van der Waals surface area (Å²) in [5.74, 6) is -0.718. The molecule has 0 aliphatic heterocycles. The molecule has 0 saturated carbocycles. The minimum Gasteiger partial charge on any atom is -0.396 e. The van der Waals surface area contributed by atoms with Gasteiger partial charge >= 0.3 is 0 Å². The summed E-state index contributed by atoms with van der Waals surface area (Å²) in [7, 11) is 0. The lowest BCUT2D eigenvalue weighted by Gasteiger charge is -2.23. The van der Waals surface area contributed by atoms with Gasteiger partial charge in [-0.15, -0.1) is 0 Å². The van der Waals surface area contributed by atoms with Crippen molar-refractivity contribution in [2.75, 3.05) is 13.2 Å². The molecule has 1 N–H and O–H groups in total. The zero-order chi connectivity index (χ0) is 16.8. The molecule has 0 radical (unpaired) electrons. The lowest BCUT2D eigenvalue weighted by Crippen LogP contribution is -2.26. The molecule has 2 aromatic carbocycles. The summed E-state index contributed by atoms with van der Waals surface area (Å²) in [5, 5.41) is 21.6. The van der Waals surface area contributed by atoms with Crippen molar-refractivity contribution in [3.05, 3.63) is 79.8 Å². The Bertz CT molecular complexity index is 664. The Morgan fingerprint density at radius 2 is 1.78 bits per heavy atom. The molecule has 0 aromatic heterocycles. The van der Waals surface area contributed by atoms with Crippen LogP contribution in [0.15, 0.2) is 48.5 Å². The fourth-order valence-corrected chi connectivity index (χ4v) is 2.99. The molecule has 0 heterocycles. The molecule has 2 atom stereocenters. The van der Waals surface area contributed by atoms with Crippen LogP contribution in [-0.2, 0) is 6.42 Å². The van der Waals surface area contributed by atoms with Crippen LogP contribution in [0.3, 0.4) is 0 Å². The van der Waals surface area contributed by atoms with Crippen molar-refractivity contribution in [3.63, 3.8) is 0 Å². The Morgan fingerprint density at radius 1 is 1.09 bits per heavy atom. The van der Waals surface area contributed by atoms with Crippen LogP contribution < -0.4 is 0 Å². The van der Waals surface area contributed by atoms with Gasteiger partial charge in [-0.2, -0.15) is 0 Å². The van der Waals surface area contributed by atoms with Gasteiger partial charge in [0.25, 0.3) is 0 Å². The fraction of sp³-hybridized carbons (Fsp3) is 0.294. The molecule has 0 bridgehead atoms. The molecule has 0 aliphatic rings. The van der Waals surface area contributed by atoms with E-state index in [1.54, 1.807) is 18.2 Å². The number of aliphatic hydroxyl groups excluding tert-OH is 1. The van der Waals surface area contributed by atoms with Gasteiger partial charge in [-0.05, 0) is 35.6 Å². The number of hydrogen-bond acceptors (Lipinski definition) is 3. The zero-order valence-electron chi connectivity index (χ0n) is 12.4. The van der Waals surface area contributed by atoms with Crippen LogP contribution in [0, 0.1) is 16.0 Å². The van der Waals surface area contributed by atoms with Crippen LogP contribution in [0.2, 0.25) is 10.0 Å². The largest absolute Gasteiger partial charge is 0.396 e. The van der Waals surface area contributed by atoms with Crippen molar-refractivity contribution >= 4 is 23.2 Å². The summed E-state index contributed by atoms with van der Waals surface area (Å²) in [6.45, 7) is -0.413. The van der Waals surface area contributed by atoms with Crippen LogP contribution in [0.5, 0.6) is 0 Å². The summed E-state index contributed by atoms with van der Waals surface area (Å²) in [4.78, 5) is 10.7. The van der Waals surface area contributed by atoms with Gasteiger partial charge in [-0.1, -0.05) is 59.6 Å². The molecule has 0 fully saturated rings. The second kappa shape index (κ2) is 8.29. The smallest absolute Gasteiger partial charge is 0.211 e. The van der Waals surface area contributed by atoms with Crippen molar-refractivity contribution < 1.29 is 10.0 Å². The molecule has 23 heavy (non-hydrogen) atoms. The summed E-state index contributed by atoms with van der Waals surface area (Å²) in [5.41, 5.74) is 1.74. The van der Waals surface area contributed by atoms with Gasteiger partial charge in [-0.25, -0.2) is 0 Å². The maximum atomic E-state index is 11.1. The predicted octanol–water partition coefficient (Wildman–Crippen LogP) is 4.20. The van der Waals surface area contributed by atoms with Gasteiger partial charge in [0.15, 0.2) is 0 Å². The Balaban J connectivity index is 2.31. The van der Waals surface area contributed by atoms with Gasteiger partial charge in [0, 0.05) is 11.5 Å². The zero-order valence-corrected chi connectivity index (χ0v) is 13.9.